The maximum absolute atomic E-state index is 12.4. The molecule has 0 unspecified atom stereocenters. The molecular formula is C14H25N3O3. The molecule has 0 spiro atoms. The van der Waals surface area contributed by atoms with Crippen molar-refractivity contribution in [1.29, 1.82) is 0 Å². The van der Waals surface area contributed by atoms with Gasteiger partial charge < -0.3 is 14.9 Å². The second-order valence-electron chi connectivity index (χ2n) is 5.67. The van der Waals surface area contributed by atoms with Gasteiger partial charge in [-0.25, -0.2) is 0 Å². The van der Waals surface area contributed by atoms with E-state index in [4.69, 9.17) is 5.11 Å². The Labute approximate surface area is 120 Å². The molecule has 0 bridgehead atoms. The minimum atomic E-state index is 0.0787. The van der Waals surface area contributed by atoms with Crippen molar-refractivity contribution in [1.82, 2.24) is 14.7 Å². The van der Waals surface area contributed by atoms with Crippen molar-refractivity contribution in [2.75, 3.05) is 52.4 Å². The van der Waals surface area contributed by atoms with Crippen LogP contribution in [0, 0.1) is 5.92 Å². The Morgan fingerprint density at radius 1 is 1.00 bits per heavy atom. The number of carbonyl (C=O) groups excluding carboxylic acids is 2. The van der Waals surface area contributed by atoms with Gasteiger partial charge in [-0.3, -0.25) is 14.5 Å². The van der Waals surface area contributed by atoms with Crippen LogP contribution in [0.5, 0.6) is 0 Å². The Morgan fingerprint density at radius 2 is 1.60 bits per heavy atom. The van der Waals surface area contributed by atoms with Crippen molar-refractivity contribution in [2.45, 2.75) is 19.8 Å². The summed E-state index contributed by atoms with van der Waals surface area (Å²) in [4.78, 5) is 29.7. The Bertz CT molecular complexity index is 346. The topological polar surface area (TPSA) is 64.1 Å². The van der Waals surface area contributed by atoms with Crippen molar-refractivity contribution < 1.29 is 14.7 Å². The number of hydrogen-bond donors (Lipinski definition) is 1. The second kappa shape index (κ2) is 7.04. The summed E-state index contributed by atoms with van der Waals surface area (Å²) >= 11 is 0. The summed E-state index contributed by atoms with van der Waals surface area (Å²) in [6.45, 7) is 7.07. The van der Waals surface area contributed by atoms with Crippen LogP contribution in [0.2, 0.25) is 0 Å². The van der Waals surface area contributed by atoms with E-state index in [2.05, 4.69) is 4.90 Å². The lowest BCUT2D eigenvalue weighted by atomic mass is 9.95. The van der Waals surface area contributed by atoms with Gasteiger partial charge in [0.15, 0.2) is 0 Å². The zero-order valence-corrected chi connectivity index (χ0v) is 12.3. The van der Waals surface area contributed by atoms with Crippen LogP contribution in [0.4, 0.5) is 0 Å². The third-order valence-electron chi connectivity index (χ3n) is 4.39. The molecule has 6 heteroatoms. The molecule has 2 fully saturated rings. The van der Waals surface area contributed by atoms with E-state index in [0.29, 0.717) is 19.6 Å². The largest absolute Gasteiger partial charge is 0.395 e. The summed E-state index contributed by atoms with van der Waals surface area (Å²) in [5, 5.41) is 8.91. The third kappa shape index (κ3) is 3.70. The van der Waals surface area contributed by atoms with Crippen LogP contribution >= 0.6 is 0 Å². The van der Waals surface area contributed by atoms with Crippen LogP contribution in [0.25, 0.3) is 0 Å². The number of aliphatic hydroxyl groups excluding tert-OH is 1. The van der Waals surface area contributed by atoms with Crippen LogP contribution in [-0.4, -0.2) is 84.0 Å². The molecule has 1 N–H and O–H groups in total. The van der Waals surface area contributed by atoms with Gasteiger partial charge in [0.2, 0.25) is 11.8 Å². The standard InChI is InChI=1S/C14H25N3O3/c1-12(19)16-4-2-13(3-5-16)14(20)17-8-6-15(7-9-17)10-11-18/h13,18H,2-11H2,1H3. The first kappa shape index (κ1) is 15.3. The van der Waals surface area contributed by atoms with Gasteiger partial charge in [0, 0.05) is 58.7 Å². The number of nitrogens with zero attached hydrogens (tertiary/aromatic N) is 3. The first-order valence-electron chi connectivity index (χ1n) is 7.49. The third-order valence-corrected chi connectivity index (χ3v) is 4.39. The van der Waals surface area contributed by atoms with Gasteiger partial charge in [-0.15, -0.1) is 0 Å². The normalized spacial score (nSPS) is 22.1. The molecule has 0 aromatic carbocycles. The molecule has 2 rings (SSSR count). The van der Waals surface area contributed by atoms with Gasteiger partial charge in [0.1, 0.15) is 0 Å². The first-order valence-corrected chi connectivity index (χ1v) is 7.49. The highest BCUT2D eigenvalue weighted by molar-refractivity contribution is 5.79. The van der Waals surface area contributed by atoms with Gasteiger partial charge in [-0.05, 0) is 12.8 Å². The van der Waals surface area contributed by atoms with E-state index in [1.54, 1.807) is 6.92 Å². The van der Waals surface area contributed by atoms with Crippen LogP contribution in [-0.2, 0) is 9.59 Å². The zero-order chi connectivity index (χ0) is 14.5. The molecule has 6 nitrogen and oxygen atoms in total. The van der Waals surface area contributed by atoms with Crippen LogP contribution in [0.1, 0.15) is 19.8 Å². The van der Waals surface area contributed by atoms with Crippen LogP contribution in [0.3, 0.4) is 0 Å². The smallest absolute Gasteiger partial charge is 0.225 e. The fraction of sp³-hybridized carbons (Fsp3) is 0.857. The average molecular weight is 283 g/mol. The minimum absolute atomic E-state index is 0.0787. The fourth-order valence-corrected chi connectivity index (χ4v) is 3.03. The molecular weight excluding hydrogens is 258 g/mol. The minimum Gasteiger partial charge on any atom is -0.395 e. The second-order valence-corrected chi connectivity index (χ2v) is 5.67. The summed E-state index contributed by atoms with van der Waals surface area (Å²) in [6, 6.07) is 0. The van der Waals surface area contributed by atoms with Gasteiger partial charge in [-0.1, -0.05) is 0 Å². The van der Waals surface area contributed by atoms with E-state index in [9.17, 15) is 9.59 Å². The Kier molecular flexibility index (Phi) is 5.37. The lowest BCUT2D eigenvalue weighted by Gasteiger charge is -2.38. The summed E-state index contributed by atoms with van der Waals surface area (Å²) in [5.74, 6) is 0.431. The van der Waals surface area contributed by atoms with Gasteiger partial charge in [0.05, 0.1) is 6.61 Å². The Morgan fingerprint density at radius 3 is 2.10 bits per heavy atom. The molecule has 2 saturated heterocycles. The van der Waals surface area contributed by atoms with E-state index in [1.807, 2.05) is 9.80 Å². The number of aliphatic hydroxyl groups is 1. The average Bonchev–Trinajstić information content (AvgIpc) is 2.48. The zero-order valence-electron chi connectivity index (χ0n) is 12.3. The number of rotatable bonds is 3. The van der Waals surface area contributed by atoms with E-state index in [-0.39, 0.29) is 24.3 Å². The fourth-order valence-electron chi connectivity index (χ4n) is 3.03. The quantitative estimate of drug-likeness (QED) is 0.750. The first-order chi connectivity index (χ1) is 9.61. The molecule has 0 aliphatic carbocycles. The van der Waals surface area contributed by atoms with Crippen molar-refractivity contribution in [2.24, 2.45) is 5.92 Å². The molecule has 0 aromatic rings. The van der Waals surface area contributed by atoms with Crippen molar-refractivity contribution in [3.05, 3.63) is 0 Å². The number of piperazine rings is 1. The SMILES string of the molecule is CC(=O)N1CCC(C(=O)N2CCN(CCO)CC2)CC1. The molecule has 2 aliphatic rings. The van der Waals surface area contributed by atoms with E-state index >= 15 is 0 Å². The van der Waals surface area contributed by atoms with Crippen molar-refractivity contribution in [3.63, 3.8) is 0 Å². The molecule has 0 radical (unpaired) electrons. The maximum atomic E-state index is 12.4. The number of hydrogen-bond acceptors (Lipinski definition) is 4. The van der Waals surface area contributed by atoms with Gasteiger partial charge in [-0.2, -0.15) is 0 Å². The molecule has 2 amide bonds. The summed E-state index contributed by atoms with van der Waals surface area (Å²) in [5.41, 5.74) is 0. The molecule has 0 atom stereocenters. The molecule has 114 valence electrons. The predicted molar refractivity (Wildman–Crippen MR) is 75.1 cm³/mol. The number of amides is 2. The predicted octanol–water partition coefficient (Wildman–Crippen LogP) is -0.619. The van der Waals surface area contributed by atoms with Crippen molar-refractivity contribution in [3.8, 4) is 0 Å². The molecule has 0 aromatic heterocycles. The number of β-amino-alcohol motifs (C(OH)–C–C–N with tert-alkyl or cyclic N) is 1. The summed E-state index contributed by atoms with van der Waals surface area (Å²) in [7, 11) is 0. The van der Waals surface area contributed by atoms with Gasteiger partial charge >= 0.3 is 0 Å². The highest BCUT2D eigenvalue weighted by Gasteiger charge is 2.30. The highest BCUT2D eigenvalue weighted by atomic mass is 16.3. The number of carbonyl (C=O) groups is 2. The van der Waals surface area contributed by atoms with E-state index < -0.39 is 0 Å². The Hall–Kier alpha value is -1.14. The summed E-state index contributed by atoms with van der Waals surface area (Å²) < 4.78 is 0. The molecule has 2 aliphatic heterocycles. The van der Waals surface area contributed by atoms with Crippen LogP contribution in [0.15, 0.2) is 0 Å². The number of likely N-dealkylation sites (tertiary alicyclic amines) is 1. The molecule has 0 saturated carbocycles. The van der Waals surface area contributed by atoms with Crippen molar-refractivity contribution >= 4 is 11.8 Å². The highest BCUT2D eigenvalue weighted by Crippen LogP contribution is 2.20. The van der Waals surface area contributed by atoms with Gasteiger partial charge in [0.25, 0.3) is 0 Å². The molecule has 20 heavy (non-hydrogen) atoms. The maximum Gasteiger partial charge on any atom is 0.225 e. The number of piperidine rings is 1. The molecule has 2 heterocycles. The lowest BCUT2D eigenvalue weighted by Crippen LogP contribution is -2.52. The van der Waals surface area contributed by atoms with E-state index in [0.717, 1.165) is 39.0 Å². The summed E-state index contributed by atoms with van der Waals surface area (Å²) in [6.07, 6.45) is 1.57. The van der Waals surface area contributed by atoms with E-state index in [1.165, 1.54) is 0 Å². The Balaban J connectivity index is 1.77. The monoisotopic (exact) mass is 283 g/mol. The lowest BCUT2D eigenvalue weighted by molar-refractivity contribution is -0.141. The van der Waals surface area contributed by atoms with Crippen LogP contribution < -0.4 is 0 Å².